The largest absolute Gasteiger partial charge is 1.00 e. The molecular formula is C20H21Cl3Zr. The summed E-state index contributed by atoms with van der Waals surface area (Å²) in [7, 11) is 0. The van der Waals surface area contributed by atoms with Crippen LogP contribution in [0.3, 0.4) is 0 Å². The molecule has 0 amide bonds. The Labute approximate surface area is 179 Å². The second kappa shape index (κ2) is 9.04. The van der Waals surface area contributed by atoms with Crippen molar-refractivity contribution in [3.05, 3.63) is 70.3 Å². The first-order valence-electron chi connectivity index (χ1n) is 7.51. The van der Waals surface area contributed by atoms with Crippen LogP contribution in [0.25, 0.3) is 11.6 Å². The molecule has 3 rings (SSSR count). The summed E-state index contributed by atoms with van der Waals surface area (Å²) in [6.45, 7) is 9.08. The Morgan fingerprint density at radius 2 is 1.54 bits per heavy atom. The fraction of sp³-hybridized carbons (Fsp3) is 0.300. The molecule has 0 N–H and O–H groups in total. The van der Waals surface area contributed by atoms with Crippen molar-refractivity contribution in [3.8, 4) is 0 Å². The molecule has 24 heavy (non-hydrogen) atoms. The molecule has 126 valence electrons. The van der Waals surface area contributed by atoms with E-state index in [4.69, 9.17) is 0 Å². The molecule has 0 aliphatic heterocycles. The van der Waals surface area contributed by atoms with E-state index in [1.165, 1.54) is 33.4 Å². The molecule has 0 spiro atoms. The van der Waals surface area contributed by atoms with E-state index in [0.717, 1.165) is 0 Å². The minimum atomic E-state index is 0. The second-order valence-electron chi connectivity index (χ2n) is 6.94. The zero-order valence-corrected chi connectivity index (χ0v) is 19.1. The molecule has 1 aliphatic rings. The van der Waals surface area contributed by atoms with E-state index in [2.05, 4.69) is 76.2 Å². The Morgan fingerprint density at radius 3 is 2.08 bits per heavy atom. The molecule has 0 radical (unpaired) electrons. The molecule has 4 heteroatoms. The molecule has 1 atom stereocenters. The minimum Gasteiger partial charge on any atom is -1.00 e. The summed E-state index contributed by atoms with van der Waals surface area (Å²) in [5, 5.41) is 0. The van der Waals surface area contributed by atoms with Crippen LogP contribution in [0.15, 0.2) is 42.5 Å². The van der Waals surface area contributed by atoms with Gasteiger partial charge in [0.05, 0.1) is 0 Å². The maximum atomic E-state index is 2.38. The van der Waals surface area contributed by atoms with E-state index in [0.29, 0.717) is 3.63 Å². The number of benzene rings is 2. The van der Waals surface area contributed by atoms with Crippen molar-refractivity contribution in [1.82, 2.24) is 0 Å². The van der Waals surface area contributed by atoms with Gasteiger partial charge in [0.25, 0.3) is 0 Å². The number of allylic oxidation sites excluding steroid dienone is 1. The van der Waals surface area contributed by atoms with Crippen molar-refractivity contribution < 1.29 is 61.9 Å². The predicted molar refractivity (Wildman–Crippen MR) is 86.9 cm³/mol. The summed E-state index contributed by atoms with van der Waals surface area (Å²) in [5.41, 5.74) is 8.83. The summed E-state index contributed by atoms with van der Waals surface area (Å²) < 4.78 is 0.576. The van der Waals surface area contributed by atoms with E-state index in [1.54, 1.807) is 24.7 Å². The van der Waals surface area contributed by atoms with Crippen molar-refractivity contribution in [2.75, 3.05) is 0 Å². The normalized spacial score (nSPS) is 15.4. The Kier molecular flexibility index (Phi) is 9.02. The number of aryl methyl sites for hydroxylation is 1. The summed E-state index contributed by atoms with van der Waals surface area (Å²) in [5.74, 6) is 0. The summed E-state index contributed by atoms with van der Waals surface area (Å²) in [4.78, 5) is 0. The van der Waals surface area contributed by atoms with Crippen molar-refractivity contribution in [3.63, 3.8) is 0 Å². The van der Waals surface area contributed by atoms with Gasteiger partial charge in [-0.25, -0.2) is 0 Å². The molecule has 0 bridgehead atoms. The predicted octanol–water partition coefficient (Wildman–Crippen LogP) is -3.55. The van der Waals surface area contributed by atoms with Crippen LogP contribution in [-0.2, 0) is 30.1 Å². The van der Waals surface area contributed by atoms with Gasteiger partial charge in [0, 0.05) is 0 Å². The molecule has 1 unspecified atom stereocenters. The van der Waals surface area contributed by atoms with Crippen LogP contribution in [-0.4, -0.2) is 0 Å². The molecular weight excluding hydrogens is 438 g/mol. The first kappa shape index (κ1) is 23.9. The first-order chi connectivity index (χ1) is 9.88. The SMILES string of the molecule is Cc1cc(C(C)(C)C)ccc1C1=Cc2ccccc2[CH]1[Zr+3].[Cl-].[Cl-].[Cl-]. The van der Waals surface area contributed by atoms with Crippen molar-refractivity contribution in [2.24, 2.45) is 0 Å². The maximum Gasteiger partial charge on any atom is -1.00 e. The van der Waals surface area contributed by atoms with Crippen molar-refractivity contribution in [1.29, 1.82) is 0 Å². The Bertz CT molecular complexity index is 730. The third-order valence-electron chi connectivity index (χ3n) is 4.33. The van der Waals surface area contributed by atoms with Crippen LogP contribution in [0.4, 0.5) is 0 Å². The van der Waals surface area contributed by atoms with Crippen LogP contribution in [0.1, 0.15) is 52.2 Å². The van der Waals surface area contributed by atoms with Crippen LogP contribution in [0.5, 0.6) is 0 Å². The topological polar surface area (TPSA) is 0 Å². The third-order valence-corrected chi connectivity index (χ3v) is 5.86. The second-order valence-corrected chi connectivity index (χ2v) is 8.36. The van der Waals surface area contributed by atoms with Gasteiger partial charge in [-0.3, -0.25) is 0 Å². The molecule has 0 saturated heterocycles. The molecule has 0 heterocycles. The number of hydrogen-bond acceptors (Lipinski definition) is 0. The van der Waals surface area contributed by atoms with Gasteiger partial charge in [-0.05, 0) is 0 Å². The summed E-state index contributed by atoms with van der Waals surface area (Å²) >= 11 is 1.57. The zero-order valence-electron chi connectivity index (χ0n) is 14.3. The van der Waals surface area contributed by atoms with Crippen LogP contribution < -0.4 is 37.2 Å². The Balaban J connectivity index is 0.00000176. The average molecular weight is 459 g/mol. The van der Waals surface area contributed by atoms with E-state index in [-0.39, 0.29) is 42.6 Å². The molecule has 0 nitrogen and oxygen atoms in total. The standard InChI is InChI=1S/C20H21.3ClH.Zr/c1-14-11-18(20(2,3)4)9-10-19(14)17-12-15-7-5-6-8-16(15)13-17;;;;/h5-13H,1-4H3;3*1H;/q;;;;+3/p-3. The van der Waals surface area contributed by atoms with Gasteiger partial charge in [0.15, 0.2) is 0 Å². The Morgan fingerprint density at radius 1 is 0.917 bits per heavy atom. The number of halogens is 3. The van der Waals surface area contributed by atoms with E-state index < -0.39 is 0 Å². The van der Waals surface area contributed by atoms with Gasteiger partial charge in [-0.1, -0.05) is 0 Å². The van der Waals surface area contributed by atoms with Crippen LogP contribution >= 0.6 is 0 Å². The van der Waals surface area contributed by atoms with Gasteiger partial charge in [0.1, 0.15) is 0 Å². The average Bonchev–Trinajstić information content (AvgIpc) is 2.75. The minimum absolute atomic E-state index is 0. The van der Waals surface area contributed by atoms with E-state index in [1.807, 2.05) is 0 Å². The fourth-order valence-corrected chi connectivity index (χ4v) is 4.24. The van der Waals surface area contributed by atoms with Gasteiger partial charge >= 0.3 is 143 Å². The zero-order chi connectivity index (χ0) is 15.2. The molecule has 2 aromatic carbocycles. The van der Waals surface area contributed by atoms with Gasteiger partial charge < -0.3 is 37.2 Å². The number of rotatable bonds is 1. The van der Waals surface area contributed by atoms with E-state index >= 15 is 0 Å². The molecule has 1 aliphatic carbocycles. The maximum absolute atomic E-state index is 2.38. The van der Waals surface area contributed by atoms with Crippen LogP contribution in [0.2, 0.25) is 0 Å². The molecule has 0 fully saturated rings. The van der Waals surface area contributed by atoms with Crippen molar-refractivity contribution >= 4 is 11.6 Å². The molecule has 2 aromatic rings. The van der Waals surface area contributed by atoms with Crippen LogP contribution in [0, 0.1) is 6.92 Å². The summed E-state index contributed by atoms with van der Waals surface area (Å²) in [6.07, 6.45) is 2.38. The molecule has 0 aromatic heterocycles. The fourth-order valence-electron chi connectivity index (χ4n) is 3.01. The van der Waals surface area contributed by atoms with Gasteiger partial charge in [-0.2, -0.15) is 0 Å². The van der Waals surface area contributed by atoms with Gasteiger partial charge in [-0.15, -0.1) is 0 Å². The molecule has 0 saturated carbocycles. The number of hydrogen-bond donors (Lipinski definition) is 0. The number of fused-ring (bicyclic) bond motifs is 1. The monoisotopic (exact) mass is 456 g/mol. The van der Waals surface area contributed by atoms with E-state index in [9.17, 15) is 0 Å². The smallest absolute Gasteiger partial charge is 1.00 e. The summed E-state index contributed by atoms with van der Waals surface area (Å²) in [6, 6.07) is 15.8. The quantitative estimate of drug-likeness (QED) is 0.415. The van der Waals surface area contributed by atoms with Gasteiger partial charge in [0.2, 0.25) is 0 Å². The first-order valence-corrected chi connectivity index (χ1v) is 8.93. The third kappa shape index (κ3) is 4.56. The van der Waals surface area contributed by atoms with Crippen molar-refractivity contribution in [2.45, 2.75) is 36.7 Å². The Hall–Kier alpha value is -0.0669.